The van der Waals surface area contributed by atoms with Gasteiger partial charge in [-0.1, -0.05) is 156 Å². The van der Waals surface area contributed by atoms with Gasteiger partial charge in [0.2, 0.25) is 0 Å². The Morgan fingerprint density at radius 1 is 0.600 bits per heavy atom. The number of aryl methyl sites for hydroxylation is 4. The first-order chi connectivity index (χ1) is 19.6. The fourth-order valence-electron chi connectivity index (χ4n) is 4.70. The van der Waals surface area contributed by atoms with Gasteiger partial charge in [0.05, 0.1) is 0 Å². The molecule has 222 valence electrons. The van der Waals surface area contributed by atoms with Crippen LogP contribution >= 0.6 is 0 Å². The van der Waals surface area contributed by atoms with Crippen molar-refractivity contribution < 1.29 is 0 Å². The molecule has 0 amide bonds. The van der Waals surface area contributed by atoms with Crippen LogP contribution in [-0.2, 0) is 19.3 Å². The van der Waals surface area contributed by atoms with Crippen LogP contribution in [0.3, 0.4) is 0 Å². The predicted molar refractivity (Wildman–Crippen MR) is 184 cm³/mol. The van der Waals surface area contributed by atoms with E-state index in [2.05, 4.69) is 107 Å². The van der Waals surface area contributed by atoms with Gasteiger partial charge in [-0.05, 0) is 75.5 Å². The third-order valence-corrected chi connectivity index (χ3v) is 7.03. The fraction of sp³-hybridized carbons (Fsp3) is 0.500. The molecule has 0 N–H and O–H groups in total. The van der Waals surface area contributed by atoms with Crippen LogP contribution < -0.4 is 0 Å². The maximum absolute atomic E-state index is 3.36. The zero-order valence-corrected chi connectivity index (χ0v) is 26.9. The SMILES string of the molecule is C=C.C=CC.CCCCCCCCCCCc1ccc(CCC2=CCCC=C2)cc1.CCCc1ccc(C)cc1. The molecule has 0 fully saturated rings. The second-order valence-corrected chi connectivity index (χ2v) is 10.8. The fourth-order valence-corrected chi connectivity index (χ4v) is 4.70. The molecule has 0 heterocycles. The van der Waals surface area contributed by atoms with Gasteiger partial charge >= 0.3 is 0 Å². The Labute approximate surface area is 250 Å². The van der Waals surface area contributed by atoms with Crippen molar-refractivity contribution in [3.63, 3.8) is 0 Å². The van der Waals surface area contributed by atoms with Gasteiger partial charge < -0.3 is 0 Å². The Morgan fingerprint density at radius 3 is 1.57 bits per heavy atom. The van der Waals surface area contributed by atoms with E-state index in [0.717, 1.165) is 0 Å². The lowest BCUT2D eigenvalue weighted by Crippen LogP contribution is -1.92. The largest absolute Gasteiger partial charge is 0.106 e. The van der Waals surface area contributed by atoms with Gasteiger partial charge in [-0.25, -0.2) is 0 Å². The standard InChI is InChI=1S/C25H38.C10H14.C3H6.C2H4/c1-2-3-4-5-6-7-8-9-11-16-24-18-21-25(22-19-24)20-17-23-14-12-10-13-15-23;1-3-4-10-7-5-9(2)6-8-10;1-3-2;1-2/h12,14-15,18-19,21-22H,2-11,13,16-17,20H2,1H3;5-8H,3-4H2,1-2H3;3H,1H2,2H3;1-2H2. The van der Waals surface area contributed by atoms with E-state index in [1.807, 2.05) is 6.92 Å². The molecule has 0 spiro atoms. The van der Waals surface area contributed by atoms with Crippen LogP contribution in [0.25, 0.3) is 0 Å². The smallest absolute Gasteiger partial charge is 0.0238 e. The molecule has 3 rings (SSSR count). The minimum absolute atomic E-state index is 1.18. The summed E-state index contributed by atoms with van der Waals surface area (Å²) in [4.78, 5) is 0. The Kier molecular flexibility index (Phi) is 26.1. The van der Waals surface area contributed by atoms with E-state index in [1.54, 1.807) is 6.08 Å². The van der Waals surface area contributed by atoms with Gasteiger partial charge in [0.1, 0.15) is 0 Å². The zero-order chi connectivity index (χ0) is 29.7. The highest BCUT2D eigenvalue weighted by atomic mass is 14.1. The van der Waals surface area contributed by atoms with E-state index in [1.165, 1.54) is 131 Å². The van der Waals surface area contributed by atoms with E-state index in [9.17, 15) is 0 Å². The minimum Gasteiger partial charge on any atom is -0.106 e. The molecule has 0 aromatic heterocycles. The minimum atomic E-state index is 1.18. The van der Waals surface area contributed by atoms with Crippen LogP contribution in [0.2, 0.25) is 0 Å². The lowest BCUT2D eigenvalue weighted by Gasteiger charge is -2.08. The second-order valence-electron chi connectivity index (χ2n) is 10.8. The van der Waals surface area contributed by atoms with Crippen LogP contribution in [0.5, 0.6) is 0 Å². The summed E-state index contributed by atoms with van der Waals surface area (Å²) in [6.07, 6.45) is 30.0. The number of hydrogen-bond donors (Lipinski definition) is 0. The lowest BCUT2D eigenvalue weighted by molar-refractivity contribution is 0.565. The summed E-state index contributed by atoms with van der Waals surface area (Å²) < 4.78 is 0. The van der Waals surface area contributed by atoms with Crippen molar-refractivity contribution in [2.45, 2.75) is 130 Å². The Balaban J connectivity index is 0.000000837. The number of unbranched alkanes of at least 4 members (excludes halogenated alkanes) is 8. The van der Waals surface area contributed by atoms with Crippen LogP contribution in [0.15, 0.2) is 98.1 Å². The second kappa shape index (κ2) is 27.9. The molecule has 0 saturated heterocycles. The lowest BCUT2D eigenvalue weighted by atomic mass is 9.98. The normalized spacial score (nSPS) is 11.6. The summed E-state index contributed by atoms with van der Waals surface area (Å²) >= 11 is 0. The van der Waals surface area contributed by atoms with Gasteiger partial charge in [0, 0.05) is 0 Å². The molecule has 0 heteroatoms. The summed E-state index contributed by atoms with van der Waals surface area (Å²) in [7, 11) is 0. The highest BCUT2D eigenvalue weighted by Crippen LogP contribution is 2.17. The molecule has 1 aliphatic carbocycles. The Hall–Kier alpha value is -2.60. The van der Waals surface area contributed by atoms with Gasteiger partial charge in [-0.15, -0.1) is 19.7 Å². The molecule has 0 atom stereocenters. The van der Waals surface area contributed by atoms with E-state index in [-0.39, 0.29) is 0 Å². The zero-order valence-electron chi connectivity index (χ0n) is 26.9. The summed E-state index contributed by atoms with van der Waals surface area (Å²) in [5, 5.41) is 0. The predicted octanol–water partition coefficient (Wildman–Crippen LogP) is 12.9. The van der Waals surface area contributed by atoms with Gasteiger partial charge in [-0.3, -0.25) is 0 Å². The van der Waals surface area contributed by atoms with Crippen molar-refractivity contribution in [3.8, 4) is 0 Å². The first-order valence-electron chi connectivity index (χ1n) is 16.2. The molecule has 1 aliphatic rings. The molecule has 0 radical (unpaired) electrons. The summed E-state index contributed by atoms with van der Waals surface area (Å²) in [6.45, 7) is 17.9. The van der Waals surface area contributed by atoms with Crippen molar-refractivity contribution in [2.24, 2.45) is 0 Å². The van der Waals surface area contributed by atoms with Gasteiger partial charge in [-0.2, -0.15) is 0 Å². The van der Waals surface area contributed by atoms with Crippen molar-refractivity contribution in [1.82, 2.24) is 0 Å². The van der Waals surface area contributed by atoms with E-state index in [4.69, 9.17) is 0 Å². The molecule has 40 heavy (non-hydrogen) atoms. The van der Waals surface area contributed by atoms with Crippen LogP contribution in [0.1, 0.15) is 126 Å². The molecule has 2 aromatic rings. The molecule has 2 aromatic carbocycles. The van der Waals surface area contributed by atoms with E-state index >= 15 is 0 Å². The van der Waals surface area contributed by atoms with Crippen LogP contribution in [0, 0.1) is 6.92 Å². The Bertz CT molecular complexity index is 879. The molecular formula is C40H62. The molecule has 0 aliphatic heterocycles. The third kappa shape index (κ3) is 21.2. The average molecular weight is 543 g/mol. The highest BCUT2D eigenvalue weighted by Gasteiger charge is 2.00. The first-order valence-corrected chi connectivity index (χ1v) is 16.2. The average Bonchev–Trinajstić information content (AvgIpc) is 2.99. The molecule has 0 bridgehead atoms. The third-order valence-electron chi connectivity index (χ3n) is 7.03. The van der Waals surface area contributed by atoms with E-state index in [0.29, 0.717) is 0 Å². The molecular weight excluding hydrogens is 480 g/mol. The van der Waals surface area contributed by atoms with Gasteiger partial charge in [0.25, 0.3) is 0 Å². The van der Waals surface area contributed by atoms with Gasteiger partial charge in [0.15, 0.2) is 0 Å². The first kappa shape index (κ1) is 37.4. The highest BCUT2D eigenvalue weighted by molar-refractivity contribution is 5.27. The van der Waals surface area contributed by atoms with Crippen molar-refractivity contribution in [2.75, 3.05) is 0 Å². The van der Waals surface area contributed by atoms with Crippen LogP contribution in [-0.4, -0.2) is 0 Å². The molecule has 0 nitrogen and oxygen atoms in total. The van der Waals surface area contributed by atoms with E-state index < -0.39 is 0 Å². The number of allylic oxidation sites excluding steroid dienone is 5. The van der Waals surface area contributed by atoms with Crippen molar-refractivity contribution in [1.29, 1.82) is 0 Å². The molecule has 0 saturated carbocycles. The quantitative estimate of drug-likeness (QED) is 0.155. The topological polar surface area (TPSA) is 0 Å². The summed E-state index contributed by atoms with van der Waals surface area (Å²) in [6, 6.07) is 18.1. The maximum Gasteiger partial charge on any atom is -0.0238 e. The number of benzene rings is 2. The van der Waals surface area contributed by atoms with Crippen LogP contribution in [0.4, 0.5) is 0 Å². The summed E-state index contributed by atoms with van der Waals surface area (Å²) in [5.41, 5.74) is 7.32. The summed E-state index contributed by atoms with van der Waals surface area (Å²) in [5.74, 6) is 0. The van der Waals surface area contributed by atoms with Crippen molar-refractivity contribution >= 4 is 0 Å². The monoisotopic (exact) mass is 542 g/mol. The Morgan fingerprint density at radius 2 is 1.07 bits per heavy atom. The maximum atomic E-state index is 3.36. The van der Waals surface area contributed by atoms with Crippen molar-refractivity contribution in [3.05, 3.63) is 120 Å². The number of rotatable bonds is 15. The molecule has 0 unspecified atom stereocenters. The number of hydrogen-bond acceptors (Lipinski definition) is 0.